The van der Waals surface area contributed by atoms with Crippen LogP contribution in [0, 0.1) is 0 Å². The predicted octanol–water partition coefficient (Wildman–Crippen LogP) is 6.10. The van der Waals surface area contributed by atoms with E-state index >= 15 is 0 Å². The molecule has 30 heavy (non-hydrogen) atoms. The average Bonchev–Trinajstić information content (AvgIpc) is 3.43. The molecule has 0 saturated carbocycles. The summed E-state index contributed by atoms with van der Waals surface area (Å²) >= 11 is 4.75. The molecule has 154 valence electrons. The van der Waals surface area contributed by atoms with Crippen molar-refractivity contribution in [2.24, 2.45) is 0 Å². The number of hydrogen-bond acceptors (Lipinski definition) is 9. The molecule has 0 aliphatic heterocycles. The number of benzene rings is 2. The van der Waals surface area contributed by atoms with E-state index in [0.717, 1.165) is 48.7 Å². The molecule has 2 heterocycles. The normalized spacial score (nSPS) is 10.7. The standard InChI is InChI=1S/C21H20N4O2S3/c1-3-27-18-11-7-5-9-16(18)23-20-24-25-21(30-20)29-13-14-12-28-19(22-14)15-8-4-6-10-17(15)26-2/h4-12H,3,13H2,1-2H3,(H,23,24). The average molecular weight is 457 g/mol. The Bertz CT molecular complexity index is 1110. The van der Waals surface area contributed by atoms with E-state index in [1.54, 1.807) is 30.2 Å². The first kappa shape index (κ1) is 20.6. The monoisotopic (exact) mass is 456 g/mol. The van der Waals surface area contributed by atoms with Gasteiger partial charge < -0.3 is 14.8 Å². The summed E-state index contributed by atoms with van der Waals surface area (Å²) in [5.41, 5.74) is 2.90. The molecule has 0 bridgehead atoms. The van der Waals surface area contributed by atoms with E-state index < -0.39 is 0 Å². The molecule has 2 aromatic heterocycles. The van der Waals surface area contributed by atoms with Gasteiger partial charge in [-0.25, -0.2) is 4.98 Å². The fourth-order valence-corrected chi connectivity index (χ4v) is 5.35. The largest absolute Gasteiger partial charge is 0.496 e. The van der Waals surface area contributed by atoms with Gasteiger partial charge in [-0.2, -0.15) is 0 Å². The van der Waals surface area contributed by atoms with Gasteiger partial charge >= 0.3 is 0 Å². The van der Waals surface area contributed by atoms with Crippen molar-refractivity contribution in [3.63, 3.8) is 0 Å². The summed E-state index contributed by atoms with van der Waals surface area (Å²) in [5.74, 6) is 2.37. The van der Waals surface area contributed by atoms with Crippen LogP contribution in [0.25, 0.3) is 10.6 Å². The van der Waals surface area contributed by atoms with Crippen LogP contribution in [0.15, 0.2) is 58.3 Å². The fourth-order valence-electron chi connectivity index (χ4n) is 2.74. The van der Waals surface area contributed by atoms with E-state index in [2.05, 4.69) is 20.9 Å². The molecular formula is C21H20N4O2S3. The quantitative estimate of drug-likeness (QED) is 0.305. The third-order valence-electron chi connectivity index (χ3n) is 4.07. The van der Waals surface area contributed by atoms with Crippen LogP contribution in [-0.4, -0.2) is 28.9 Å². The van der Waals surface area contributed by atoms with Crippen LogP contribution >= 0.6 is 34.4 Å². The molecule has 1 N–H and O–H groups in total. The molecule has 4 rings (SSSR count). The molecule has 9 heteroatoms. The highest BCUT2D eigenvalue weighted by Crippen LogP contribution is 2.35. The lowest BCUT2D eigenvalue weighted by Gasteiger charge is -2.09. The number of nitrogens with one attached hydrogen (secondary N) is 1. The molecule has 0 unspecified atom stereocenters. The fraction of sp³-hybridized carbons (Fsp3) is 0.190. The Balaban J connectivity index is 1.39. The molecule has 0 saturated heterocycles. The van der Waals surface area contributed by atoms with Gasteiger partial charge in [-0.15, -0.1) is 21.5 Å². The number of nitrogens with zero attached hydrogens (tertiary/aromatic N) is 3. The summed E-state index contributed by atoms with van der Waals surface area (Å²) in [6, 6.07) is 15.7. The second kappa shape index (κ2) is 9.92. The van der Waals surface area contributed by atoms with Crippen molar-refractivity contribution in [3.8, 4) is 22.1 Å². The number of para-hydroxylation sites is 3. The number of thiazole rings is 1. The highest BCUT2D eigenvalue weighted by molar-refractivity contribution is 8.00. The van der Waals surface area contributed by atoms with Crippen LogP contribution in [0.3, 0.4) is 0 Å². The Labute approximate surface area is 187 Å². The smallest absolute Gasteiger partial charge is 0.210 e. The molecule has 0 spiro atoms. The molecule has 0 atom stereocenters. The number of ether oxygens (including phenoxy) is 2. The number of thioether (sulfide) groups is 1. The first-order valence-corrected chi connectivity index (χ1v) is 12.0. The van der Waals surface area contributed by atoms with Gasteiger partial charge in [0.2, 0.25) is 5.13 Å². The Hall–Kier alpha value is -2.62. The molecule has 0 amide bonds. The molecule has 0 fully saturated rings. The van der Waals surface area contributed by atoms with E-state index in [1.807, 2.05) is 55.5 Å². The Kier molecular flexibility index (Phi) is 6.83. The maximum Gasteiger partial charge on any atom is 0.210 e. The summed E-state index contributed by atoms with van der Waals surface area (Å²) in [4.78, 5) is 4.75. The van der Waals surface area contributed by atoms with Crippen LogP contribution in [0.4, 0.5) is 10.8 Å². The van der Waals surface area contributed by atoms with Crippen molar-refractivity contribution in [1.29, 1.82) is 0 Å². The second-order valence-electron chi connectivity index (χ2n) is 6.06. The molecule has 0 radical (unpaired) electrons. The van der Waals surface area contributed by atoms with Gasteiger partial charge in [-0.3, -0.25) is 0 Å². The van der Waals surface area contributed by atoms with Crippen LogP contribution in [0.2, 0.25) is 0 Å². The van der Waals surface area contributed by atoms with E-state index in [9.17, 15) is 0 Å². The van der Waals surface area contributed by atoms with Gasteiger partial charge in [0, 0.05) is 11.1 Å². The number of methoxy groups -OCH3 is 1. The van der Waals surface area contributed by atoms with Crippen LogP contribution < -0.4 is 14.8 Å². The zero-order valence-electron chi connectivity index (χ0n) is 16.5. The van der Waals surface area contributed by atoms with Gasteiger partial charge in [0.1, 0.15) is 16.5 Å². The molecule has 6 nitrogen and oxygen atoms in total. The van der Waals surface area contributed by atoms with Gasteiger partial charge in [0.15, 0.2) is 4.34 Å². The van der Waals surface area contributed by atoms with Gasteiger partial charge in [0.05, 0.1) is 30.7 Å². The minimum absolute atomic E-state index is 0.612. The van der Waals surface area contributed by atoms with Crippen LogP contribution in [-0.2, 0) is 5.75 Å². The maximum absolute atomic E-state index is 5.65. The SMILES string of the molecule is CCOc1ccccc1Nc1nnc(SCc2csc(-c3ccccc3OC)n2)s1. The topological polar surface area (TPSA) is 69.2 Å². The summed E-state index contributed by atoms with van der Waals surface area (Å²) in [6.07, 6.45) is 0. The summed E-state index contributed by atoms with van der Waals surface area (Å²) in [5, 5.41) is 15.6. The first-order valence-electron chi connectivity index (χ1n) is 9.29. The van der Waals surface area contributed by atoms with Crippen LogP contribution in [0.5, 0.6) is 11.5 Å². The van der Waals surface area contributed by atoms with Crippen molar-refractivity contribution in [3.05, 3.63) is 59.6 Å². The van der Waals surface area contributed by atoms with Crippen molar-refractivity contribution in [2.45, 2.75) is 17.0 Å². The first-order chi connectivity index (χ1) is 14.8. The van der Waals surface area contributed by atoms with Crippen molar-refractivity contribution in [2.75, 3.05) is 19.0 Å². The van der Waals surface area contributed by atoms with E-state index in [4.69, 9.17) is 14.5 Å². The molecular weight excluding hydrogens is 436 g/mol. The van der Waals surface area contributed by atoms with Crippen molar-refractivity contribution < 1.29 is 9.47 Å². The van der Waals surface area contributed by atoms with Crippen molar-refractivity contribution in [1.82, 2.24) is 15.2 Å². The van der Waals surface area contributed by atoms with Crippen molar-refractivity contribution >= 4 is 45.3 Å². The summed E-state index contributed by atoms with van der Waals surface area (Å²) < 4.78 is 12.0. The third kappa shape index (κ3) is 4.92. The van der Waals surface area contributed by atoms with E-state index in [1.165, 1.54) is 11.3 Å². The Morgan fingerprint density at radius 2 is 1.83 bits per heavy atom. The lowest BCUT2D eigenvalue weighted by molar-refractivity contribution is 0.342. The zero-order valence-corrected chi connectivity index (χ0v) is 18.9. The predicted molar refractivity (Wildman–Crippen MR) is 124 cm³/mol. The summed E-state index contributed by atoms with van der Waals surface area (Å²) in [6.45, 7) is 2.58. The lowest BCUT2D eigenvalue weighted by Crippen LogP contribution is -1.97. The van der Waals surface area contributed by atoms with Gasteiger partial charge in [0.25, 0.3) is 0 Å². The van der Waals surface area contributed by atoms with E-state index in [-0.39, 0.29) is 0 Å². The maximum atomic E-state index is 5.65. The van der Waals surface area contributed by atoms with Gasteiger partial charge in [-0.05, 0) is 31.2 Å². The highest BCUT2D eigenvalue weighted by Gasteiger charge is 2.12. The van der Waals surface area contributed by atoms with Crippen LogP contribution in [0.1, 0.15) is 12.6 Å². The number of hydrogen-bond donors (Lipinski definition) is 1. The number of rotatable bonds is 9. The third-order valence-corrected chi connectivity index (χ3v) is 7.00. The molecule has 4 aromatic rings. The number of aromatic nitrogens is 3. The minimum atomic E-state index is 0.612. The molecule has 0 aliphatic carbocycles. The van der Waals surface area contributed by atoms with E-state index in [0.29, 0.717) is 6.61 Å². The van der Waals surface area contributed by atoms with Gasteiger partial charge in [-0.1, -0.05) is 47.4 Å². The Morgan fingerprint density at radius 1 is 1.03 bits per heavy atom. The molecule has 2 aromatic carbocycles. The second-order valence-corrected chi connectivity index (χ2v) is 9.12. The lowest BCUT2D eigenvalue weighted by atomic mass is 10.2. The molecule has 0 aliphatic rings. The number of anilines is 2. The highest BCUT2D eigenvalue weighted by atomic mass is 32.2. The summed E-state index contributed by atoms with van der Waals surface area (Å²) in [7, 11) is 1.68. The zero-order chi connectivity index (χ0) is 20.8. The minimum Gasteiger partial charge on any atom is -0.496 e. The Morgan fingerprint density at radius 3 is 2.67 bits per heavy atom.